The number of phenolic OH excluding ortho intramolecular Hbond substituents is 1. The number of para-hydroxylation sites is 1. The van der Waals surface area contributed by atoms with Crippen LogP contribution in [0.15, 0.2) is 36.7 Å². The first kappa shape index (κ1) is 35.2. The summed E-state index contributed by atoms with van der Waals surface area (Å²) >= 11 is 0. The van der Waals surface area contributed by atoms with E-state index < -0.39 is 11.6 Å². The molecule has 3 fully saturated rings. The van der Waals surface area contributed by atoms with Crippen LogP contribution in [-0.4, -0.2) is 92.0 Å². The average molecular weight is 841 g/mol. The number of aromatic hydroxyl groups is 1. The maximum atomic E-state index is 12.4. The molecule has 1 atom stereocenters. The number of fused-ring (bicyclic) bond motifs is 1. The van der Waals surface area contributed by atoms with Gasteiger partial charge in [-0.1, -0.05) is 12.1 Å². The Balaban J connectivity index is 0.00000417. The molecule has 2 saturated heterocycles. The van der Waals surface area contributed by atoms with Crippen molar-refractivity contribution in [1.82, 2.24) is 24.8 Å². The van der Waals surface area contributed by atoms with Crippen LogP contribution < -0.4 is 16.4 Å². The van der Waals surface area contributed by atoms with E-state index in [2.05, 4.69) is 9.88 Å². The number of nitrogens with two attached hydrogens (primary N) is 2. The molecule has 1 aliphatic carbocycles. The fourth-order valence-electron chi connectivity index (χ4n) is 8.23. The van der Waals surface area contributed by atoms with E-state index in [0.29, 0.717) is 53.5 Å². The number of likely N-dealkylation sites (tertiary alicyclic amines) is 2. The van der Waals surface area contributed by atoms with Crippen LogP contribution in [0.4, 0.5) is 16.6 Å². The van der Waals surface area contributed by atoms with Crippen molar-refractivity contribution in [1.29, 1.82) is 0 Å². The number of aliphatic hydroxyl groups excluding tert-OH is 1. The number of aromatic amines is 1. The minimum atomic E-state index is -0.457. The normalized spacial score (nSPS) is 21.5. The van der Waals surface area contributed by atoms with Crippen molar-refractivity contribution < 1.29 is 40.8 Å². The minimum Gasteiger partial charge on any atom is -0.507 e. The molecule has 4 aliphatic rings. The zero-order valence-corrected chi connectivity index (χ0v) is 31.5. The third kappa shape index (κ3) is 6.92. The van der Waals surface area contributed by atoms with Crippen molar-refractivity contribution in [2.24, 2.45) is 11.1 Å². The summed E-state index contributed by atoms with van der Waals surface area (Å²) in [4.78, 5) is 31.8. The molecule has 1 amide bonds. The van der Waals surface area contributed by atoms with Crippen molar-refractivity contribution in [3.05, 3.63) is 64.6 Å². The minimum absolute atomic E-state index is 0. The summed E-state index contributed by atoms with van der Waals surface area (Å²) in [5.41, 5.74) is 17.2. The molecular weight excluding hydrogens is 792 g/mol. The molecule has 7 rings (SSSR count). The Labute approximate surface area is 302 Å². The fraction of sp³-hybridized carbons (Fsp3) is 0.528. The van der Waals surface area contributed by atoms with Gasteiger partial charge in [0.15, 0.2) is 0 Å². The number of hydrogen-bond acceptors (Lipinski definition) is 10. The Hall–Kier alpha value is -3.60. The number of nitrogens with one attached hydrogen (secondary N) is 1. The molecule has 2 aromatic heterocycles. The number of anilines is 2. The van der Waals surface area contributed by atoms with E-state index in [-0.39, 0.29) is 44.9 Å². The number of carbonyl (C=O) groups is 1. The number of aromatic nitrogens is 3. The molecule has 7 N–H and O–H groups in total. The number of ether oxygens (including phenoxy) is 1. The first-order valence-corrected chi connectivity index (χ1v) is 17.1. The van der Waals surface area contributed by atoms with E-state index in [1.165, 1.54) is 0 Å². The number of nitrogen functional groups attached to an aromatic ring is 1. The van der Waals surface area contributed by atoms with Crippen LogP contribution in [0.3, 0.4) is 0 Å². The molecular formula is C36H48N8O4W. The maximum absolute atomic E-state index is 12.4. The van der Waals surface area contributed by atoms with Gasteiger partial charge in [0.1, 0.15) is 17.2 Å². The van der Waals surface area contributed by atoms with E-state index in [9.17, 15) is 15.0 Å². The average Bonchev–Trinajstić information content (AvgIpc) is 3.33. The number of carbonyl (C=O) groups excluding carboxylic acids is 1. The number of benzene rings is 1. The van der Waals surface area contributed by atoms with Gasteiger partial charge in [0.25, 0.3) is 0 Å². The number of aliphatic hydroxyl groups is 1. The first-order valence-electron chi connectivity index (χ1n) is 17.1. The van der Waals surface area contributed by atoms with Crippen molar-refractivity contribution >= 4 is 29.6 Å². The quantitative estimate of drug-likeness (QED) is 0.242. The number of phenols is 1. The molecule has 12 nitrogen and oxygen atoms in total. The van der Waals surface area contributed by atoms with Gasteiger partial charge in [-0.2, -0.15) is 0 Å². The Morgan fingerprint density at radius 3 is 2.43 bits per heavy atom. The van der Waals surface area contributed by atoms with Gasteiger partial charge in [-0.25, -0.2) is 14.8 Å². The molecule has 49 heavy (non-hydrogen) atoms. The number of nitrogens with zero attached hydrogens (tertiary/aromatic N) is 5. The molecule has 13 heteroatoms. The number of rotatable bonds is 6. The Morgan fingerprint density at radius 2 is 1.80 bits per heavy atom. The van der Waals surface area contributed by atoms with Gasteiger partial charge in [0.05, 0.1) is 12.6 Å². The van der Waals surface area contributed by atoms with Gasteiger partial charge in [0.2, 0.25) is 5.95 Å². The summed E-state index contributed by atoms with van der Waals surface area (Å²) in [6.45, 7) is 9.96. The molecule has 1 unspecified atom stereocenters. The van der Waals surface area contributed by atoms with E-state index in [1.54, 1.807) is 24.3 Å². The largest absolute Gasteiger partial charge is 0.507 e. The zero-order valence-electron chi connectivity index (χ0n) is 28.6. The molecule has 3 aliphatic heterocycles. The molecule has 1 saturated carbocycles. The number of hydrogen-bond donors (Lipinski definition) is 5. The summed E-state index contributed by atoms with van der Waals surface area (Å²) in [6.07, 6.45) is 10.6. The second-order valence-corrected chi connectivity index (χ2v) is 15.1. The van der Waals surface area contributed by atoms with Crippen LogP contribution in [0.2, 0.25) is 0 Å². The topological polar surface area (TPSA) is 170 Å². The number of amides is 1. The summed E-state index contributed by atoms with van der Waals surface area (Å²) in [5, 5.41) is 20.9. The summed E-state index contributed by atoms with van der Waals surface area (Å²) < 4.78 is 5.54. The van der Waals surface area contributed by atoms with Gasteiger partial charge in [0, 0.05) is 99.1 Å². The molecule has 1 aromatic carbocycles. The van der Waals surface area contributed by atoms with Crippen molar-refractivity contribution in [2.45, 2.75) is 76.5 Å². The van der Waals surface area contributed by atoms with E-state index in [1.807, 2.05) is 49.0 Å². The molecule has 0 bridgehead atoms. The summed E-state index contributed by atoms with van der Waals surface area (Å²) in [5.74, 6) is 1.54. The van der Waals surface area contributed by atoms with Crippen LogP contribution in [0.1, 0.15) is 86.4 Å². The molecule has 1 spiro atoms. The number of H-pyrrole nitrogens is 1. The predicted molar refractivity (Wildman–Crippen MR) is 185 cm³/mol. The van der Waals surface area contributed by atoms with Crippen LogP contribution in [0.5, 0.6) is 5.75 Å². The summed E-state index contributed by atoms with van der Waals surface area (Å²) in [6, 6.07) is 7.10. The second kappa shape index (κ2) is 13.6. The van der Waals surface area contributed by atoms with Crippen LogP contribution in [0, 0.1) is 5.41 Å². The van der Waals surface area contributed by atoms with Crippen LogP contribution in [-0.2, 0) is 32.2 Å². The Kier molecular flexibility index (Phi) is 9.78. The predicted octanol–water partition coefficient (Wildman–Crippen LogP) is 4.22. The molecule has 262 valence electrons. The zero-order chi connectivity index (χ0) is 33.8. The smallest absolute Gasteiger partial charge is 0.410 e. The Bertz CT molecular complexity index is 1680. The monoisotopic (exact) mass is 840 g/mol. The Morgan fingerprint density at radius 1 is 1.12 bits per heavy atom. The van der Waals surface area contributed by atoms with Crippen molar-refractivity contribution in [3.63, 3.8) is 0 Å². The van der Waals surface area contributed by atoms with E-state index >= 15 is 0 Å². The third-order valence-corrected chi connectivity index (χ3v) is 10.7. The third-order valence-electron chi connectivity index (χ3n) is 10.7. The second-order valence-electron chi connectivity index (χ2n) is 15.1. The standard InChI is InChI=1S/C36H48N8O4.W/c1-35(2,3)48-34(47)43-20-36(21-43)15-24(16-36)42-11-8-22(9-12-42)23-17-39-33(40-18-23)44-13-10-28-31(29(44)19-45)26(32(38)41-28)14-27(37)25-6-4-5-7-30(25)46;/h4-7,14,17-18,22,24,29,41,45-46H,8-13,15-16,19-21,37-38H2,1-3H3;/b27-14-;. The first-order chi connectivity index (χ1) is 22.9. The van der Waals surface area contributed by atoms with E-state index in [4.69, 9.17) is 26.2 Å². The van der Waals surface area contributed by atoms with Crippen molar-refractivity contribution in [3.8, 4) is 5.75 Å². The van der Waals surface area contributed by atoms with Crippen LogP contribution in [0.25, 0.3) is 11.8 Å². The van der Waals surface area contributed by atoms with Gasteiger partial charge in [-0.05, 0) is 89.2 Å². The van der Waals surface area contributed by atoms with E-state index in [0.717, 1.165) is 68.7 Å². The van der Waals surface area contributed by atoms with Gasteiger partial charge in [-0.3, -0.25) is 0 Å². The molecule has 5 heterocycles. The van der Waals surface area contributed by atoms with Crippen LogP contribution >= 0.6 is 0 Å². The maximum Gasteiger partial charge on any atom is 0.410 e. The van der Waals surface area contributed by atoms with Gasteiger partial charge < -0.3 is 46.1 Å². The SMILES string of the molecule is CC(C)(C)OC(=O)N1CC2(CC(N3CCC(c4cnc(N5CCc6[nH]c(N)c(/C=C(\N)c7ccccc7O)c6C5CO)nc4)CC3)C2)C1.[W]. The van der Waals surface area contributed by atoms with Gasteiger partial charge >= 0.3 is 6.09 Å². The van der Waals surface area contributed by atoms with Gasteiger partial charge in [-0.15, -0.1) is 0 Å². The molecule has 3 aromatic rings. The fourth-order valence-corrected chi connectivity index (χ4v) is 8.23. The number of piperidine rings is 1. The van der Waals surface area contributed by atoms with Crippen molar-refractivity contribution in [2.75, 3.05) is 50.0 Å². The molecule has 0 radical (unpaired) electrons. The summed E-state index contributed by atoms with van der Waals surface area (Å²) in [7, 11) is 0.